The number of carbonyl (C=O) groups excluding carboxylic acids is 2. The summed E-state index contributed by atoms with van der Waals surface area (Å²) >= 11 is 0. The van der Waals surface area contributed by atoms with Gasteiger partial charge >= 0.3 is 12.1 Å². The van der Waals surface area contributed by atoms with E-state index in [2.05, 4.69) is 5.48 Å². The second kappa shape index (κ2) is 11.1. The van der Waals surface area contributed by atoms with Crippen molar-refractivity contribution in [3.63, 3.8) is 0 Å². The molecule has 2 heterocycles. The van der Waals surface area contributed by atoms with E-state index in [-0.39, 0.29) is 18.7 Å². The van der Waals surface area contributed by atoms with Crippen LogP contribution in [0, 0.1) is 0 Å². The average molecular weight is 408 g/mol. The smallest absolute Gasteiger partial charge is 0.416 e. The molecule has 0 radical (unpaired) electrons. The van der Waals surface area contributed by atoms with Gasteiger partial charge in [0.25, 0.3) is 0 Å². The van der Waals surface area contributed by atoms with Crippen molar-refractivity contribution in [3.05, 3.63) is 23.4 Å². The fourth-order valence-electron chi connectivity index (χ4n) is 3.06. The second-order valence-electron chi connectivity index (χ2n) is 8.00. The Bertz CT molecular complexity index is 687. The Morgan fingerprint density at radius 1 is 1.21 bits per heavy atom. The highest BCUT2D eigenvalue weighted by atomic mass is 16.7. The van der Waals surface area contributed by atoms with Gasteiger partial charge in [0, 0.05) is 25.7 Å². The number of pyridine rings is 1. The molecule has 0 aliphatic carbocycles. The molecule has 0 atom stereocenters. The van der Waals surface area contributed by atoms with Gasteiger partial charge < -0.3 is 9.47 Å². The summed E-state index contributed by atoms with van der Waals surface area (Å²) in [5.74, 6) is 0.478. The van der Waals surface area contributed by atoms with Crippen LogP contribution in [0.1, 0.15) is 57.7 Å². The van der Waals surface area contributed by atoms with Crippen molar-refractivity contribution in [2.24, 2.45) is 0 Å². The van der Waals surface area contributed by atoms with E-state index in [1.54, 1.807) is 11.9 Å². The largest absolute Gasteiger partial charge is 0.463 e. The number of ether oxygens (including phenoxy) is 2. The molecule has 29 heavy (non-hydrogen) atoms. The fraction of sp³-hybridized carbons (Fsp3) is 0.667. The molecule has 2 rings (SSSR count). The first-order chi connectivity index (χ1) is 13.8. The SMILES string of the molecule is CNOCCOC(=O)CCCCc1ccc2c(n1)N(C(=O)OC(C)(C)C)CCC2. The number of nitrogens with one attached hydrogen (secondary N) is 1. The van der Waals surface area contributed by atoms with E-state index in [1.807, 2.05) is 32.9 Å². The molecule has 0 spiro atoms. The molecule has 0 fully saturated rings. The minimum atomic E-state index is -0.542. The van der Waals surface area contributed by atoms with E-state index >= 15 is 0 Å². The number of unbranched alkanes of at least 4 members (excludes halogenated alkanes) is 1. The predicted octanol–water partition coefficient (Wildman–Crippen LogP) is 3.18. The van der Waals surface area contributed by atoms with Gasteiger partial charge in [-0.05, 0) is 64.5 Å². The molecule has 1 aromatic rings. The van der Waals surface area contributed by atoms with Gasteiger partial charge in [-0.1, -0.05) is 6.07 Å². The van der Waals surface area contributed by atoms with Crippen molar-refractivity contribution in [2.45, 2.75) is 64.9 Å². The molecule has 0 saturated carbocycles. The van der Waals surface area contributed by atoms with Crippen LogP contribution in [0.15, 0.2) is 12.1 Å². The first-order valence-electron chi connectivity index (χ1n) is 10.2. The Kier molecular flexibility index (Phi) is 8.85. The summed E-state index contributed by atoms with van der Waals surface area (Å²) in [4.78, 5) is 35.5. The standard InChI is InChI=1S/C21H33N3O5/c1-21(2,3)29-20(26)24-13-7-8-16-11-12-17(23-19(16)24)9-5-6-10-18(25)27-14-15-28-22-4/h11-12,22H,5-10,13-15H2,1-4H3. The molecule has 1 aromatic heterocycles. The summed E-state index contributed by atoms with van der Waals surface area (Å²) in [6.45, 7) is 6.76. The minimum absolute atomic E-state index is 0.223. The van der Waals surface area contributed by atoms with E-state index in [0.717, 1.165) is 43.4 Å². The van der Waals surface area contributed by atoms with Crippen LogP contribution in [0.3, 0.4) is 0 Å². The zero-order chi connectivity index (χ0) is 21.3. The Hall–Kier alpha value is -2.19. The third-order valence-corrected chi connectivity index (χ3v) is 4.37. The monoisotopic (exact) mass is 407 g/mol. The number of rotatable bonds is 9. The zero-order valence-electron chi connectivity index (χ0n) is 18.0. The first-order valence-corrected chi connectivity index (χ1v) is 10.2. The van der Waals surface area contributed by atoms with Crippen LogP contribution in [0.4, 0.5) is 10.6 Å². The Labute approximate surface area is 172 Å². The quantitative estimate of drug-likeness (QED) is 0.382. The number of fused-ring (bicyclic) bond motifs is 1. The molecule has 1 amide bonds. The van der Waals surface area contributed by atoms with Crippen LogP contribution in [0.2, 0.25) is 0 Å². The van der Waals surface area contributed by atoms with Crippen LogP contribution < -0.4 is 10.4 Å². The molecule has 1 aliphatic rings. The average Bonchev–Trinajstić information content (AvgIpc) is 2.66. The van der Waals surface area contributed by atoms with Gasteiger partial charge in [0.15, 0.2) is 0 Å². The predicted molar refractivity (Wildman–Crippen MR) is 110 cm³/mol. The number of esters is 1. The maximum absolute atomic E-state index is 12.5. The summed E-state index contributed by atoms with van der Waals surface area (Å²) in [6, 6.07) is 4.05. The molecule has 0 aromatic carbocycles. The van der Waals surface area contributed by atoms with Crippen LogP contribution in [0.25, 0.3) is 0 Å². The maximum atomic E-state index is 12.5. The topological polar surface area (TPSA) is 90.0 Å². The number of anilines is 1. The summed E-state index contributed by atoms with van der Waals surface area (Å²) < 4.78 is 10.6. The second-order valence-corrected chi connectivity index (χ2v) is 8.00. The molecule has 8 nitrogen and oxygen atoms in total. The van der Waals surface area contributed by atoms with Gasteiger partial charge in [0.2, 0.25) is 0 Å². The highest BCUT2D eigenvalue weighted by Crippen LogP contribution is 2.27. The van der Waals surface area contributed by atoms with E-state index in [4.69, 9.17) is 19.3 Å². The van der Waals surface area contributed by atoms with Crippen molar-refractivity contribution in [2.75, 3.05) is 31.7 Å². The van der Waals surface area contributed by atoms with Crippen LogP contribution in [0.5, 0.6) is 0 Å². The van der Waals surface area contributed by atoms with E-state index in [0.29, 0.717) is 25.4 Å². The molecule has 8 heteroatoms. The summed E-state index contributed by atoms with van der Waals surface area (Å²) in [7, 11) is 1.66. The molecular formula is C21H33N3O5. The number of aryl methyl sites for hydroxylation is 2. The Morgan fingerprint density at radius 2 is 2.00 bits per heavy atom. The summed E-state index contributed by atoms with van der Waals surface area (Å²) in [6.07, 6.45) is 4.11. The highest BCUT2D eigenvalue weighted by molar-refractivity contribution is 5.88. The van der Waals surface area contributed by atoms with Gasteiger partial charge in [0.1, 0.15) is 24.6 Å². The third kappa shape index (κ3) is 7.98. The van der Waals surface area contributed by atoms with Gasteiger partial charge in [-0.15, -0.1) is 0 Å². The highest BCUT2D eigenvalue weighted by Gasteiger charge is 2.28. The number of hydroxylamine groups is 1. The van der Waals surface area contributed by atoms with Crippen molar-refractivity contribution >= 4 is 17.9 Å². The lowest BCUT2D eigenvalue weighted by Gasteiger charge is -2.31. The van der Waals surface area contributed by atoms with Crippen molar-refractivity contribution in [1.82, 2.24) is 10.5 Å². The Balaban J connectivity index is 1.85. The summed E-state index contributed by atoms with van der Waals surface area (Å²) in [5, 5.41) is 0. The summed E-state index contributed by atoms with van der Waals surface area (Å²) in [5.41, 5.74) is 3.96. The van der Waals surface area contributed by atoms with Crippen LogP contribution >= 0.6 is 0 Å². The molecule has 0 bridgehead atoms. The number of aromatic nitrogens is 1. The number of carbonyl (C=O) groups is 2. The van der Waals surface area contributed by atoms with Gasteiger partial charge in [0.05, 0.1) is 0 Å². The fourth-order valence-corrected chi connectivity index (χ4v) is 3.06. The first kappa shape index (κ1) is 23.1. The van der Waals surface area contributed by atoms with Crippen molar-refractivity contribution < 1.29 is 23.9 Å². The number of amides is 1. The van der Waals surface area contributed by atoms with Crippen LogP contribution in [-0.4, -0.2) is 49.5 Å². The molecular weight excluding hydrogens is 374 g/mol. The molecule has 162 valence electrons. The molecule has 0 saturated heterocycles. The Morgan fingerprint density at radius 3 is 2.72 bits per heavy atom. The lowest BCUT2D eigenvalue weighted by molar-refractivity contribution is -0.146. The number of hydrogen-bond donors (Lipinski definition) is 1. The lowest BCUT2D eigenvalue weighted by Crippen LogP contribution is -2.40. The maximum Gasteiger partial charge on any atom is 0.416 e. The van der Waals surface area contributed by atoms with Gasteiger partial charge in [-0.2, -0.15) is 0 Å². The van der Waals surface area contributed by atoms with Crippen molar-refractivity contribution in [1.29, 1.82) is 0 Å². The molecule has 0 unspecified atom stereocenters. The molecule has 1 aliphatic heterocycles. The normalized spacial score (nSPS) is 13.7. The van der Waals surface area contributed by atoms with Gasteiger partial charge in [-0.3, -0.25) is 14.5 Å². The van der Waals surface area contributed by atoms with Gasteiger partial charge in [-0.25, -0.2) is 15.3 Å². The van der Waals surface area contributed by atoms with E-state index < -0.39 is 5.60 Å². The number of nitrogens with zero attached hydrogens (tertiary/aromatic N) is 2. The third-order valence-electron chi connectivity index (χ3n) is 4.37. The zero-order valence-corrected chi connectivity index (χ0v) is 18.0. The molecule has 1 N–H and O–H groups in total. The lowest BCUT2D eigenvalue weighted by atomic mass is 10.0. The number of hydrogen-bond acceptors (Lipinski definition) is 7. The van der Waals surface area contributed by atoms with E-state index in [9.17, 15) is 9.59 Å². The minimum Gasteiger partial charge on any atom is -0.463 e. The van der Waals surface area contributed by atoms with E-state index in [1.165, 1.54) is 0 Å². The van der Waals surface area contributed by atoms with Crippen molar-refractivity contribution in [3.8, 4) is 0 Å². The van der Waals surface area contributed by atoms with Crippen LogP contribution in [-0.2, 0) is 31.9 Å².